The van der Waals surface area contributed by atoms with Crippen molar-refractivity contribution in [1.29, 1.82) is 0 Å². The van der Waals surface area contributed by atoms with Gasteiger partial charge in [-0.2, -0.15) is 5.10 Å². The summed E-state index contributed by atoms with van der Waals surface area (Å²) in [6.45, 7) is 8.70. The molecule has 4 heteroatoms. The SMILES string of the molecule is Cc1nn(C)cc1NCCOCC(C)C. The van der Waals surface area contributed by atoms with E-state index in [0.29, 0.717) is 5.92 Å². The first-order chi connectivity index (χ1) is 7.09. The van der Waals surface area contributed by atoms with Gasteiger partial charge in [-0.3, -0.25) is 4.68 Å². The van der Waals surface area contributed by atoms with Crippen molar-refractivity contribution in [2.75, 3.05) is 25.1 Å². The molecule has 0 aliphatic carbocycles. The third-order valence-electron chi connectivity index (χ3n) is 2.03. The van der Waals surface area contributed by atoms with Gasteiger partial charge in [0.15, 0.2) is 0 Å². The number of anilines is 1. The molecule has 0 amide bonds. The van der Waals surface area contributed by atoms with Crippen LogP contribution in [0.3, 0.4) is 0 Å². The Morgan fingerprint density at radius 2 is 2.27 bits per heavy atom. The van der Waals surface area contributed by atoms with Crippen LogP contribution in [0.4, 0.5) is 5.69 Å². The van der Waals surface area contributed by atoms with Crippen molar-refractivity contribution in [2.45, 2.75) is 20.8 Å². The average molecular weight is 211 g/mol. The first-order valence-corrected chi connectivity index (χ1v) is 5.41. The van der Waals surface area contributed by atoms with E-state index in [2.05, 4.69) is 24.3 Å². The predicted octanol–water partition coefficient (Wildman–Crippen LogP) is 1.81. The zero-order valence-corrected chi connectivity index (χ0v) is 10.1. The van der Waals surface area contributed by atoms with Gasteiger partial charge < -0.3 is 10.1 Å². The second-order valence-corrected chi connectivity index (χ2v) is 4.20. The standard InChI is InChI=1S/C11H21N3O/c1-9(2)8-15-6-5-12-11-7-14(4)13-10(11)3/h7,9,12H,5-6,8H2,1-4H3. The summed E-state index contributed by atoms with van der Waals surface area (Å²) in [6.07, 6.45) is 1.98. The van der Waals surface area contributed by atoms with Crippen molar-refractivity contribution in [1.82, 2.24) is 9.78 Å². The van der Waals surface area contributed by atoms with E-state index >= 15 is 0 Å². The van der Waals surface area contributed by atoms with Crippen LogP contribution in [0.5, 0.6) is 0 Å². The topological polar surface area (TPSA) is 39.1 Å². The minimum absolute atomic E-state index is 0.602. The number of hydrogen-bond acceptors (Lipinski definition) is 3. The summed E-state index contributed by atoms with van der Waals surface area (Å²) < 4.78 is 7.29. The number of rotatable bonds is 6. The van der Waals surface area contributed by atoms with E-state index in [1.165, 1.54) is 0 Å². The molecule has 0 atom stereocenters. The normalized spacial score (nSPS) is 11.0. The highest BCUT2D eigenvalue weighted by atomic mass is 16.5. The van der Waals surface area contributed by atoms with Gasteiger partial charge in [0, 0.05) is 26.4 Å². The lowest BCUT2D eigenvalue weighted by Crippen LogP contribution is -2.12. The Hall–Kier alpha value is -1.03. The molecule has 0 bridgehead atoms. The molecule has 0 aliphatic rings. The number of nitrogens with one attached hydrogen (secondary N) is 1. The monoisotopic (exact) mass is 211 g/mol. The highest BCUT2D eigenvalue weighted by Crippen LogP contribution is 2.10. The highest BCUT2D eigenvalue weighted by Gasteiger charge is 2.01. The minimum atomic E-state index is 0.602. The number of aryl methyl sites for hydroxylation is 2. The molecule has 0 aromatic carbocycles. The van der Waals surface area contributed by atoms with Crippen LogP contribution in [-0.2, 0) is 11.8 Å². The summed E-state index contributed by atoms with van der Waals surface area (Å²) in [5, 5.41) is 7.55. The fourth-order valence-corrected chi connectivity index (χ4v) is 1.35. The Balaban J connectivity index is 2.17. The first kappa shape index (κ1) is 12.0. The zero-order valence-electron chi connectivity index (χ0n) is 10.1. The molecule has 0 saturated heterocycles. The van der Waals surface area contributed by atoms with Gasteiger partial charge in [-0.1, -0.05) is 13.8 Å². The van der Waals surface area contributed by atoms with Gasteiger partial charge in [-0.15, -0.1) is 0 Å². The van der Waals surface area contributed by atoms with E-state index in [-0.39, 0.29) is 0 Å². The molecule has 0 spiro atoms. The molecular weight excluding hydrogens is 190 g/mol. The van der Waals surface area contributed by atoms with Gasteiger partial charge in [0.05, 0.1) is 18.0 Å². The van der Waals surface area contributed by atoms with Crippen LogP contribution >= 0.6 is 0 Å². The van der Waals surface area contributed by atoms with Crippen molar-refractivity contribution in [3.05, 3.63) is 11.9 Å². The fourth-order valence-electron chi connectivity index (χ4n) is 1.35. The summed E-state index contributed by atoms with van der Waals surface area (Å²) >= 11 is 0. The van der Waals surface area contributed by atoms with Crippen LogP contribution in [0.2, 0.25) is 0 Å². The zero-order chi connectivity index (χ0) is 11.3. The smallest absolute Gasteiger partial charge is 0.0824 e. The van der Waals surface area contributed by atoms with Crippen molar-refractivity contribution >= 4 is 5.69 Å². The summed E-state index contributed by atoms with van der Waals surface area (Å²) in [5.74, 6) is 0.602. The Kier molecular flexibility index (Phi) is 4.62. The predicted molar refractivity (Wildman–Crippen MR) is 62.1 cm³/mol. The largest absolute Gasteiger partial charge is 0.380 e. The van der Waals surface area contributed by atoms with Crippen molar-refractivity contribution < 1.29 is 4.74 Å². The van der Waals surface area contributed by atoms with Crippen molar-refractivity contribution in [2.24, 2.45) is 13.0 Å². The lowest BCUT2D eigenvalue weighted by Gasteiger charge is -2.07. The van der Waals surface area contributed by atoms with Crippen molar-refractivity contribution in [3.8, 4) is 0 Å². The molecule has 86 valence electrons. The molecule has 1 rings (SSSR count). The molecule has 1 aromatic heterocycles. The minimum Gasteiger partial charge on any atom is -0.380 e. The third-order valence-corrected chi connectivity index (χ3v) is 2.03. The summed E-state index contributed by atoms with van der Waals surface area (Å²) in [5.41, 5.74) is 2.12. The van der Waals surface area contributed by atoms with Crippen LogP contribution in [0, 0.1) is 12.8 Å². The van der Waals surface area contributed by atoms with Crippen LogP contribution in [0.1, 0.15) is 19.5 Å². The summed E-state index contributed by atoms with van der Waals surface area (Å²) in [7, 11) is 1.92. The molecule has 0 fully saturated rings. The van der Waals surface area contributed by atoms with E-state index in [0.717, 1.165) is 31.1 Å². The fraction of sp³-hybridized carbons (Fsp3) is 0.727. The number of aromatic nitrogens is 2. The molecule has 1 heterocycles. The van der Waals surface area contributed by atoms with Gasteiger partial charge in [-0.05, 0) is 12.8 Å². The lowest BCUT2D eigenvalue weighted by atomic mass is 10.2. The highest BCUT2D eigenvalue weighted by molar-refractivity contribution is 5.45. The van der Waals surface area contributed by atoms with E-state index < -0.39 is 0 Å². The molecule has 15 heavy (non-hydrogen) atoms. The van der Waals surface area contributed by atoms with Crippen LogP contribution < -0.4 is 5.32 Å². The van der Waals surface area contributed by atoms with E-state index in [1.54, 1.807) is 0 Å². The van der Waals surface area contributed by atoms with Gasteiger partial charge in [0.2, 0.25) is 0 Å². The van der Waals surface area contributed by atoms with Crippen molar-refractivity contribution in [3.63, 3.8) is 0 Å². The second kappa shape index (κ2) is 5.75. The van der Waals surface area contributed by atoms with Gasteiger partial charge in [0.1, 0.15) is 0 Å². The Labute approximate surface area is 91.6 Å². The second-order valence-electron chi connectivity index (χ2n) is 4.20. The van der Waals surface area contributed by atoms with Crippen LogP contribution in [-0.4, -0.2) is 29.5 Å². The molecule has 0 unspecified atom stereocenters. The third kappa shape index (κ3) is 4.34. The number of nitrogens with zero attached hydrogens (tertiary/aromatic N) is 2. The lowest BCUT2D eigenvalue weighted by molar-refractivity contribution is 0.118. The summed E-state index contributed by atoms with van der Waals surface area (Å²) in [6, 6.07) is 0. The van der Waals surface area contributed by atoms with Crippen LogP contribution in [0.25, 0.3) is 0 Å². The molecule has 0 saturated carbocycles. The molecule has 1 N–H and O–H groups in total. The van der Waals surface area contributed by atoms with Crippen LogP contribution in [0.15, 0.2) is 6.20 Å². The summed E-state index contributed by atoms with van der Waals surface area (Å²) in [4.78, 5) is 0. The number of ether oxygens (including phenoxy) is 1. The number of hydrogen-bond donors (Lipinski definition) is 1. The van der Waals surface area contributed by atoms with Gasteiger partial charge in [-0.25, -0.2) is 0 Å². The maximum absolute atomic E-state index is 5.47. The van der Waals surface area contributed by atoms with Gasteiger partial charge >= 0.3 is 0 Å². The first-order valence-electron chi connectivity index (χ1n) is 5.41. The molecular formula is C11H21N3O. The molecule has 4 nitrogen and oxygen atoms in total. The maximum Gasteiger partial charge on any atom is 0.0824 e. The molecule has 0 radical (unpaired) electrons. The average Bonchev–Trinajstić information content (AvgIpc) is 2.44. The Morgan fingerprint density at radius 3 is 2.80 bits per heavy atom. The maximum atomic E-state index is 5.47. The van der Waals surface area contributed by atoms with E-state index in [4.69, 9.17) is 4.74 Å². The molecule has 1 aromatic rings. The molecule has 0 aliphatic heterocycles. The van der Waals surface area contributed by atoms with E-state index in [9.17, 15) is 0 Å². The van der Waals surface area contributed by atoms with E-state index in [1.807, 2.05) is 24.9 Å². The van der Waals surface area contributed by atoms with Gasteiger partial charge in [0.25, 0.3) is 0 Å². The Bertz CT molecular complexity index is 294. The Morgan fingerprint density at radius 1 is 1.53 bits per heavy atom. The quantitative estimate of drug-likeness (QED) is 0.729.